The summed E-state index contributed by atoms with van der Waals surface area (Å²) in [5.74, 6) is 2.26. The van der Waals surface area contributed by atoms with Gasteiger partial charge in [-0.25, -0.2) is 0 Å². The van der Waals surface area contributed by atoms with Crippen LogP contribution >= 0.6 is 0 Å². The van der Waals surface area contributed by atoms with Crippen molar-refractivity contribution in [3.63, 3.8) is 0 Å². The molecule has 1 aromatic rings. The standard InChI is InChI=1S/C16H21N3O2/c17-16(19-21)12-2-1-3-14(8-12)18-15(20)9-13-7-10-4-5-11(13)6-10/h1-3,8,10-11,13,21H,4-7,9H2,(H2,17,19)(H,18,20). The Hall–Kier alpha value is -2.04. The number of amides is 1. The summed E-state index contributed by atoms with van der Waals surface area (Å²) in [4.78, 5) is 12.2. The summed E-state index contributed by atoms with van der Waals surface area (Å²) in [6, 6.07) is 7.04. The highest BCUT2D eigenvalue weighted by molar-refractivity contribution is 5.99. The zero-order chi connectivity index (χ0) is 14.8. The second kappa shape index (κ2) is 5.76. The van der Waals surface area contributed by atoms with Crippen LogP contribution in [0.25, 0.3) is 0 Å². The predicted molar refractivity (Wildman–Crippen MR) is 81.1 cm³/mol. The molecule has 2 bridgehead atoms. The summed E-state index contributed by atoms with van der Waals surface area (Å²) in [5.41, 5.74) is 6.83. The number of rotatable bonds is 4. The van der Waals surface area contributed by atoms with Crippen molar-refractivity contribution in [3.8, 4) is 0 Å². The Balaban J connectivity index is 1.60. The lowest BCUT2D eigenvalue weighted by Crippen LogP contribution is -2.20. The van der Waals surface area contributed by atoms with Gasteiger partial charge in [0.05, 0.1) is 0 Å². The highest BCUT2D eigenvalue weighted by atomic mass is 16.4. The van der Waals surface area contributed by atoms with Gasteiger partial charge in [0.25, 0.3) is 0 Å². The number of fused-ring (bicyclic) bond motifs is 2. The molecule has 21 heavy (non-hydrogen) atoms. The number of anilines is 1. The van der Waals surface area contributed by atoms with Crippen molar-refractivity contribution in [2.24, 2.45) is 28.6 Å². The van der Waals surface area contributed by atoms with Crippen molar-refractivity contribution < 1.29 is 10.0 Å². The van der Waals surface area contributed by atoms with E-state index < -0.39 is 0 Å². The van der Waals surface area contributed by atoms with Gasteiger partial charge in [-0.05, 0) is 49.1 Å². The Bertz CT molecular complexity index is 570. The lowest BCUT2D eigenvalue weighted by molar-refractivity contribution is -0.117. The second-order valence-electron chi connectivity index (χ2n) is 6.25. The quantitative estimate of drug-likeness (QED) is 0.344. The van der Waals surface area contributed by atoms with Crippen molar-refractivity contribution in [3.05, 3.63) is 29.8 Å². The Morgan fingerprint density at radius 3 is 2.90 bits per heavy atom. The van der Waals surface area contributed by atoms with Gasteiger partial charge in [-0.1, -0.05) is 23.7 Å². The molecule has 3 rings (SSSR count). The van der Waals surface area contributed by atoms with E-state index in [0.29, 0.717) is 23.6 Å². The van der Waals surface area contributed by atoms with Crippen LogP contribution in [-0.2, 0) is 4.79 Å². The monoisotopic (exact) mass is 287 g/mol. The summed E-state index contributed by atoms with van der Waals surface area (Å²) in [6.07, 6.45) is 5.78. The lowest BCUT2D eigenvalue weighted by Gasteiger charge is -2.20. The fourth-order valence-corrected chi connectivity index (χ4v) is 3.89. The molecule has 4 N–H and O–H groups in total. The molecule has 2 aliphatic carbocycles. The summed E-state index contributed by atoms with van der Waals surface area (Å²) in [5, 5.41) is 14.6. The van der Waals surface area contributed by atoms with Crippen LogP contribution in [0.3, 0.4) is 0 Å². The number of hydrogen-bond acceptors (Lipinski definition) is 3. The third kappa shape index (κ3) is 3.01. The zero-order valence-corrected chi connectivity index (χ0v) is 12.0. The van der Waals surface area contributed by atoms with Crippen molar-refractivity contribution in [2.45, 2.75) is 32.1 Å². The Morgan fingerprint density at radius 2 is 2.24 bits per heavy atom. The van der Waals surface area contributed by atoms with E-state index in [1.54, 1.807) is 18.2 Å². The molecule has 3 atom stereocenters. The first kappa shape index (κ1) is 13.9. The molecule has 0 aliphatic heterocycles. The number of carbonyl (C=O) groups is 1. The van der Waals surface area contributed by atoms with Crippen LogP contribution in [0.15, 0.2) is 29.4 Å². The van der Waals surface area contributed by atoms with E-state index in [4.69, 9.17) is 10.9 Å². The van der Waals surface area contributed by atoms with Gasteiger partial charge in [0.15, 0.2) is 5.84 Å². The van der Waals surface area contributed by atoms with E-state index in [1.807, 2.05) is 6.07 Å². The van der Waals surface area contributed by atoms with Gasteiger partial charge < -0.3 is 16.3 Å². The molecule has 1 amide bonds. The van der Waals surface area contributed by atoms with Gasteiger partial charge in [-0.2, -0.15) is 0 Å². The van der Waals surface area contributed by atoms with Crippen LogP contribution in [-0.4, -0.2) is 17.0 Å². The molecular formula is C16H21N3O2. The van der Waals surface area contributed by atoms with Crippen LogP contribution in [0.2, 0.25) is 0 Å². The average Bonchev–Trinajstić information content (AvgIpc) is 3.09. The summed E-state index contributed by atoms with van der Waals surface area (Å²) in [6.45, 7) is 0. The van der Waals surface area contributed by atoms with Crippen molar-refractivity contribution in [1.29, 1.82) is 0 Å². The molecule has 0 heterocycles. The van der Waals surface area contributed by atoms with E-state index >= 15 is 0 Å². The maximum Gasteiger partial charge on any atom is 0.224 e. The minimum absolute atomic E-state index is 0.0409. The Morgan fingerprint density at radius 1 is 1.38 bits per heavy atom. The van der Waals surface area contributed by atoms with E-state index in [-0.39, 0.29) is 11.7 Å². The van der Waals surface area contributed by atoms with Gasteiger partial charge >= 0.3 is 0 Å². The minimum Gasteiger partial charge on any atom is -0.409 e. The van der Waals surface area contributed by atoms with Crippen LogP contribution in [0.5, 0.6) is 0 Å². The molecular weight excluding hydrogens is 266 g/mol. The van der Waals surface area contributed by atoms with Crippen molar-refractivity contribution >= 4 is 17.4 Å². The number of nitrogens with two attached hydrogens (primary N) is 1. The molecule has 0 radical (unpaired) electrons. The molecule has 112 valence electrons. The van der Waals surface area contributed by atoms with Crippen LogP contribution in [0.1, 0.15) is 37.7 Å². The Labute approximate surface area is 124 Å². The molecule has 2 saturated carbocycles. The van der Waals surface area contributed by atoms with Gasteiger partial charge in [0, 0.05) is 17.7 Å². The average molecular weight is 287 g/mol. The van der Waals surface area contributed by atoms with E-state index in [9.17, 15) is 4.79 Å². The highest BCUT2D eigenvalue weighted by Crippen LogP contribution is 2.49. The number of benzene rings is 1. The zero-order valence-electron chi connectivity index (χ0n) is 12.0. The van der Waals surface area contributed by atoms with Crippen LogP contribution < -0.4 is 11.1 Å². The van der Waals surface area contributed by atoms with Crippen LogP contribution in [0, 0.1) is 17.8 Å². The molecule has 0 saturated heterocycles. The van der Waals surface area contributed by atoms with E-state index in [0.717, 1.165) is 11.8 Å². The number of amidine groups is 1. The molecule has 2 aliphatic rings. The normalized spacial score (nSPS) is 27.8. The molecule has 2 fully saturated rings. The SMILES string of the molecule is N/C(=N/O)c1cccc(NC(=O)CC2CC3CCC2C3)c1. The number of nitrogens with one attached hydrogen (secondary N) is 1. The van der Waals surface area contributed by atoms with Gasteiger partial charge in [0.1, 0.15) is 0 Å². The predicted octanol–water partition coefficient (Wildman–Crippen LogP) is 2.55. The molecule has 0 spiro atoms. The molecule has 0 aromatic heterocycles. The number of hydrogen-bond donors (Lipinski definition) is 3. The molecule has 3 unspecified atom stereocenters. The molecule has 1 aromatic carbocycles. The Kier molecular flexibility index (Phi) is 3.82. The summed E-state index contributed by atoms with van der Waals surface area (Å²) >= 11 is 0. The van der Waals surface area contributed by atoms with E-state index in [2.05, 4.69) is 10.5 Å². The molecule has 5 nitrogen and oxygen atoms in total. The smallest absolute Gasteiger partial charge is 0.224 e. The minimum atomic E-state index is 0.0409. The van der Waals surface area contributed by atoms with Crippen LogP contribution in [0.4, 0.5) is 5.69 Å². The van der Waals surface area contributed by atoms with E-state index in [1.165, 1.54) is 25.7 Å². The fourth-order valence-electron chi connectivity index (χ4n) is 3.89. The van der Waals surface area contributed by atoms with Crippen molar-refractivity contribution in [1.82, 2.24) is 0 Å². The highest BCUT2D eigenvalue weighted by Gasteiger charge is 2.40. The molecule has 5 heteroatoms. The maximum absolute atomic E-state index is 12.2. The fraction of sp³-hybridized carbons (Fsp3) is 0.500. The first-order valence-electron chi connectivity index (χ1n) is 7.53. The summed E-state index contributed by atoms with van der Waals surface area (Å²) < 4.78 is 0. The number of nitrogens with zero attached hydrogens (tertiary/aromatic N) is 1. The first-order valence-corrected chi connectivity index (χ1v) is 7.53. The second-order valence-corrected chi connectivity index (χ2v) is 6.25. The topological polar surface area (TPSA) is 87.7 Å². The largest absolute Gasteiger partial charge is 0.409 e. The van der Waals surface area contributed by atoms with Crippen molar-refractivity contribution in [2.75, 3.05) is 5.32 Å². The third-order valence-electron chi connectivity index (χ3n) is 4.88. The first-order chi connectivity index (χ1) is 10.2. The number of carbonyl (C=O) groups excluding carboxylic acids is 1. The maximum atomic E-state index is 12.2. The number of oxime groups is 1. The lowest BCUT2D eigenvalue weighted by atomic mass is 9.86. The summed E-state index contributed by atoms with van der Waals surface area (Å²) in [7, 11) is 0. The van der Waals surface area contributed by atoms with Gasteiger partial charge in [-0.3, -0.25) is 4.79 Å². The third-order valence-corrected chi connectivity index (χ3v) is 4.88. The van der Waals surface area contributed by atoms with Gasteiger partial charge in [-0.15, -0.1) is 0 Å². The van der Waals surface area contributed by atoms with Gasteiger partial charge in [0.2, 0.25) is 5.91 Å².